The first-order valence-electron chi connectivity index (χ1n) is 5.97. The maximum Gasteiger partial charge on any atom is 0.0645 e. The van der Waals surface area contributed by atoms with Gasteiger partial charge in [-0.1, -0.05) is 34.1 Å². The summed E-state index contributed by atoms with van der Waals surface area (Å²) in [6, 6.07) is 17.9. The number of anilines is 3. The summed E-state index contributed by atoms with van der Waals surface area (Å²) >= 11 is 3.40. The lowest BCUT2D eigenvalue weighted by Crippen LogP contribution is -2.19. The van der Waals surface area contributed by atoms with Crippen LogP contribution in [0.1, 0.15) is 6.42 Å². The molecule has 2 rings (SSSR count). The Morgan fingerprint density at radius 3 is 2.53 bits per heavy atom. The zero-order valence-corrected chi connectivity index (χ0v) is 12.0. The van der Waals surface area contributed by atoms with E-state index in [9.17, 15) is 0 Å². The second-order valence-electron chi connectivity index (χ2n) is 4.10. The molecule has 0 saturated heterocycles. The summed E-state index contributed by atoms with van der Waals surface area (Å²) in [4.78, 5) is 2.06. The third-order valence-corrected chi connectivity index (χ3v) is 3.29. The smallest absolute Gasteiger partial charge is 0.0645 e. The molecule has 0 saturated carbocycles. The van der Waals surface area contributed by atoms with E-state index < -0.39 is 0 Å². The van der Waals surface area contributed by atoms with E-state index in [0.29, 0.717) is 18.7 Å². The summed E-state index contributed by atoms with van der Waals surface area (Å²) < 4.78 is 0.946. The van der Waals surface area contributed by atoms with Gasteiger partial charge in [0.15, 0.2) is 0 Å². The SMILES string of the molecule is N#CCCN(c1ccccc1)c1ccc(Br)cc1N. The molecule has 0 aliphatic rings. The molecule has 0 spiro atoms. The standard InChI is InChI=1S/C15H14BrN3/c16-12-7-8-15(14(18)11-12)19(10-4-9-17)13-5-2-1-3-6-13/h1-3,5-8,11H,4,10,18H2. The van der Waals surface area contributed by atoms with Gasteiger partial charge in [0, 0.05) is 16.7 Å². The summed E-state index contributed by atoms with van der Waals surface area (Å²) in [5.41, 5.74) is 8.72. The predicted octanol–water partition coefficient (Wildman–Crippen LogP) is 4.08. The highest BCUT2D eigenvalue weighted by Gasteiger charge is 2.11. The molecule has 4 heteroatoms. The van der Waals surface area contributed by atoms with Crippen LogP contribution in [0, 0.1) is 11.3 Å². The van der Waals surface area contributed by atoms with Crippen molar-refractivity contribution >= 4 is 33.0 Å². The van der Waals surface area contributed by atoms with Crippen LogP contribution in [0.5, 0.6) is 0 Å². The third kappa shape index (κ3) is 3.27. The van der Waals surface area contributed by atoms with Gasteiger partial charge in [0.05, 0.1) is 23.9 Å². The first-order valence-corrected chi connectivity index (χ1v) is 6.76. The zero-order valence-electron chi connectivity index (χ0n) is 10.4. The lowest BCUT2D eigenvalue weighted by atomic mass is 10.2. The second-order valence-corrected chi connectivity index (χ2v) is 5.01. The molecule has 0 bridgehead atoms. The van der Waals surface area contributed by atoms with Gasteiger partial charge in [-0.15, -0.1) is 0 Å². The van der Waals surface area contributed by atoms with Crippen molar-refractivity contribution < 1.29 is 0 Å². The lowest BCUT2D eigenvalue weighted by molar-refractivity contribution is 0.949. The average molecular weight is 316 g/mol. The Balaban J connectivity index is 2.40. The molecule has 0 aliphatic carbocycles. The average Bonchev–Trinajstić information content (AvgIpc) is 2.42. The largest absolute Gasteiger partial charge is 0.397 e. The molecule has 3 nitrogen and oxygen atoms in total. The van der Waals surface area contributed by atoms with Crippen molar-refractivity contribution in [2.75, 3.05) is 17.2 Å². The molecule has 0 heterocycles. The first-order chi connectivity index (χ1) is 9.22. The van der Waals surface area contributed by atoms with Crippen LogP contribution in [0.25, 0.3) is 0 Å². The Hall–Kier alpha value is -1.99. The van der Waals surface area contributed by atoms with Crippen molar-refractivity contribution in [1.29, 1.82) is 5.26 Å². The first kappa shape index (κ1) is 13.4. The normalized spacial score (nSPS) is 9.89. The molecule has 0 fully saturated rings. The van der Waals surface area contributed by atoms with E-state index in [2.05, 4.69) is 26.9 Å². The van der Waals surface area contributed by atoms with Gasteiger partial charge in [-0.05, 0) is 30.3 Å². The van der Waals surface area contributed by atoms with E-state index >= 15 is 0 Å². The molecular weight excluding hydrogens is 302 g/mol. The molecule has 96 valence electrons. The van der Waals surface area contributed by atoms with Crippen molar-refractivity contribution in [3.8, 4) is 6.07 Å². The Morgan fingerprint density at radius 1 is 1.16 bits per heavy atom. The minimum Gasteiger partial charge on any atom is -0.397 e. The number of benzene rings is 2. The molecule has 0 aliphatic heterocycles. The van der Waals surface area contributed by atoms with Gasteiger partial charge < -0.3 is 10.6 Å². The van der Waals surface area contributed by atoms with Gasteiger partial charge in [-0.2, -0.15) is 5.26 Å². The summed E-state index contributed by atoms with van der Waals surface area (Å²) in [7, 11) is 0. The molecule has 0 radical (unpaired) electrons. The highest BCUT2D eigenvalue weighted by atomic mass is 79.9. The number of nitrogen functional groups attached to an aromatic ring is 1. The van der Waals surface area contributed by atoms with Crippen LogP contribution in [-0.2, 0) is 0 Å². The molecule has 0 unspecified atom stereocenters. The van der Waals surface area contributed by atoms with E-state index in [1.54, 1.807) is 0 Å². The molecule has 19 heavy (non-hydrogen) atoms. The Bertz CT molecular complexity index is 590. The summed E-state index contributed by atoms with van der Waals surface area (Å²) in [5, 5.41) is 8.81. The van der Waals surface area contributed by atoms with Crippen LogP contribution in [-0.4, -0.2) is 6.54 Å². The number of hydrogen-bond acceptors (Lipinski definition) is 3. The van der Waals surface area contributed by atoms with Crippen molar-refractivity contribution in [2.45, 2.75) is 6.42 Å². The molecule has 0 amide bonds. The Morgan fingerprint density at radius 2 is 1.89 bits per heavy atom. The summed E-state index contributed by atoms with van der Waals surface area (Å²) in [5.74, 6) is 0. The van der Waals surface area contributed by atoms with Gasteiger partial charge in [-0.3, -0.25) is 0 Å². The van der Waals surface area contributed by atoms with E-state index in [0.717, 1.165) is 15.8 Å². The summed E-state index contributed by atoms with van der Waals surface area (Å²) in [6.07, 6.45) is 0.449. The van der Waals surface area contributed by atoms with Crippen molar-refractivity contribution in [1.82, 2.24) is 0 Å². The van der Waals surface area contributed by atoms with Gasteiger partial charge in [-0.25, -0.2) is 0 Å². The third-order valence-electron chi connectivity index (χ3n) is 2.80. The van der Waals surface area contributed by atoms with E-state index in [1.165, 1.54) is 0 Å². The highest BCUT2D eigenvalue weighted by Crippen LogP contribution is 2.32. The Kier molecular flexibility index (Phi) is 4.43. The fourth-order valence-electron chi connectivity index (χ4n) is 1.93. The van der Waals surface area contributed by atoms with Crippen LogP contribution >= 0.6 is 15.9 Å². The monoisotopic (exact) mass is 315 g/mol. The van der Waals surface area contributed by atoms with Crippen LogP contribution in [0.2, 0.25) is 0 Å². The van der Waals surface area contributed by atoms with Gasteiger partial charge in [0.2, 0.25) is 0 Å². The van der Waals surface area contributed by atoms with Gasteiger partial charge in [0.25, 0.3) is 0 Å². The van der Waals surface area contributed by atoms with Crippen LogP contribution in [0.15, 0.2) is 53.0 Å². The minimum atomic E-state index is 0.449. The van der Waals surface area contributed by atoms with Crippen molar-refractivity contribution in [3.05, 3.63) is 53.0 Å². The molecule has 2 aromatic carbocycles. The number of nitrogens with zero attached hydrogens (tertiary/aromatic N) is 2. The maximum atomic E-state index is 8.81. The predicted molar refractivity (Wildman–Crippen MR) is 82.2 cm³/mol. The number of para-hydroxylation sites is 1. The fourth-order valence-corrected chi connectivity index (χ4v) is 2.31. The zero-order chi connectivity index (χ0) is 13.7. The lowest BCUT2D eigenvalue weighted by Gasteiger charge is -2.25. The van der Waals surface area contributed by atoms with E-state index in [-0.39, 0.29) is 0 Å². The molecule has 0 atom stereocenters. The van der Waals surface area contributed by atoms with Crippen molar-refractivity contribution in [3.63, 3.8) is 0 Å². The minimum absolute atomic E-state index is 0.449. The maximum absolute atomic E-state index is 8.81. The molecule has 2 aromatic rings. The number of nitriles is 1. The highest BCUT2D eigenvalue weighted by molar-refractivity contribution is 9.10. The number of rotatable bonds is 4. The van der Waals surface area contributed by atoms with Gasteiger partial charge >= 0.3 is 0 Å². The van der Waals surface area contributed by atoms with Gasteiger partial charge in [0.1, 0.15) is 0 Å². The number of halogens is 1. The quantitative estimate of drug-likeness (QED) is 0.865. The Labute approximate surface area is 121 Å². The molecular formula is C15H14BrN3. The second kappa shape index (κ2) is 6.26. The van der Waals surface area contributed by atoms with Crippen LogP contribution in [0.4, 0.5) is 17.1 Å². The van der Waals surface area contributed by atoms with E-state index in [4.69, 9.17) is 11.0 Å². The van der Waals surface area contributed by atoms with Crippen LogP contribution in [0.3, 0.4) is 0 Å². The number of hydrogen-bond donors (Lipinski definition) is 1. The van der Waals surface area contributed by atoms with E-state index in [1.807, 2.05) is 48.5 Å². The van der Waals surface area contributed by atoms with Crippen LogP contribution < -0.4 is 10.6 Å². The topological polar surface area (TPSA) is 53.0 Å². The summed E-state index contributed by atoms with van der Waals surface area (Å²) in [6.45, 7) is 0.617. The fraction of sp³-hybridized carbons (Fsp3) is 0.133. The number of nitrogens with two attached hydrogens (primary N) is 1. The molecule has 0 aromatic heterocycles. The molecule has 2 N–H and O–H groups in total. The van der Waals surface area contributed by atoms with Crippen molar-refractivity contribution in [2.24, 2.45) is 0 Å².